The number of aliphatic carboxylic acids is 1. The van der Waals surface area contributed by atoms with Gasteiger partial charge in [0, 0.05) is 26.7 Å². The second-order valence-corrected chi connectivity index (χ2v) is 4.24. The predicted octanol–water partition coefficient (Wildman–Crippen LogP) is 0.160. The van der Waals surface area contributed by atoms with Crippen molar-refractivity contribution in [2.24, 2.45) is 0 Å². The number of hydrogen-bond acceptors (Lipinski definition) is 4. The molecule has 0 aromatic carbocycles. The van der Waals surface area contributed by atoms with Gasteiger partial charge in [-0.15, -0.1) is 0 Å². The van der Waals surface area contributed by atoms with Crippen molar-refractivity contribution in [1.82, 2.24) is 10.2 Å². The minimum atomic E-state index is -0.769. The van der Waals surface area contributed by atoms with Crippen LogP contribution in [0.25, 0.3) is 0 Å². The third-order valence-corrected chi connectivity index (χ3v) is 3.25. The summed E-state index contributed by atoms with van der Waals surface area (Å²) in [5.41, 5.74) is 0. The number of hydrogen-bond donors (Lipinski definition) is 2. The van der Waals surface area contributed by atoms with E-state index in [4.69, 9.17) is 9.84 Å². The molecule has 1 atom stereocenters. The van der Waals surface area contributed by atoms with Crippen LogP contribution in [0, 0.1) is 0 Å². The van der Waals surface area contributed by atoms with Crippen LogP contribution in [-0.4, -0.2) is 61.9 Å². The van der Waals surface area contributed by atoms with E-state index in [1.165, 1.54) is 0 Å². The van der Waals surface area contributed by atoms with Crippen LogP contribution in [0.5, 0.6) is 0 Å². The molecule has 1 heterocycles. The zero-order chi connectivity index (χ0) is 12.0. The Bertz CT molecular complexity index is 215. The van der Waals surface area contributed by atoms with Gasteiger partial charge < -0.3 is 20.1 Å². The number of ether oxygens (including phenoxy) is 1. The summed E-state index contributed by atoms with van der Waals surface area (Å²) in [6.07, 6.45) is 3.14. The molecule has 0 aromatic rings. The average Bonchev–Trinajstić information content (AvgIpc) is 2.30. The topological polar surface area (TPSA) is 61.8 Å². The van der Waals surface area contributed by atoms with Gasteiger partial charge in [0.25, 0.3) is 0 Å². The molecule has 0 aliphatic carbocycles. The zero-order valence-electron chi connectivity index (χ0n) is 10.1. The highest BCUT2D eigenvalue weighted by molar-refractivity contribution is 5.73. The minimum absolute atomic E-state index is 0.385. The highest BCUT2D eigenvalue weighted by Gasteiger charge is 2.21. The maximum Gasteiger partial charge on any atom is 0.320 e. The number of nitrogens with one attached hydrogen (secondary N) is 1. The molecule has 1 aliphatic rings. The molecule has 0 saturated carbocycles. The van der Waals surface area contributed by atoms with E-state index >= 15 is 0 Å². The van der Waals surface area contributed by atoms with E-state index in [1.54, 1.807) is 14.2 Å². The first-order valence-electron chi connectivity index (χ1n) is 5.82. The third-order valence-electron chi connectivity index (χ3n) is 3.25. The summed E-state index contributed by atoms with van der Waals surface area (Å²) in [6, 6.07) is -0.430. The highest BCUT2D eigenvalue weighted by atomic mass is 16.5. The molecule has 0 aromatic heterocycles. The number of carboxylic acids is 1. The number of piperidine rings is 1. The molecule has 0 radical (unpaired) electrons. The van der Waals surface area contributed by atoms with Crippen molar-refractivity contribution < 1.29 is 14.6 Å². The molecule has 2 N–H and O–H groups in total. The molecule has 1 rings (SSSR count). The Labute approximate surface area is 96.8 Å². The fraction of sp³-hybridized carbons (Fsp3) is 0.909. The van der Waals surface area contributed by atoms with Crippen molar-refractivity contribution in [1.29, 1.82) is 0 Å². The zero-order valence-corrected chi connectivity index (χ0v) is 10.1. The number of likely N-dealkylation sites (N-methyl/N-ethyl adjacent to an activating group) is 1. The van der Waals surface area contributed by atoms with Gasteiger partial charge in [0.15, 0.2) is 0 Å². The number of rotatable bonds is 6. The van der Waals surface area contributed by atoms with Crippen molar-refractivity contribution in [3.8, 4) is 0 Å². The Hall–Kier alpha value is -0.650. The summed E-state index contributed by atoms with van der Waals surface area (Å²) in [5, 5.41) is 11.7. The summed E-state index contributed by atoms with van der Waals surface area (Å²) in [5.74, 6) is -0.769. The molecular formula is C11H22N2O3. The molecule has 16 heavy (non-hydrogen) atoms. The molecule has 1 aliphatic heterocycles. The van der Waals surface area contributed by atoms with Gasteiger partial charge >= 0.3 is 5.97 Å². The largest absolute Gasteiger partial charge is 0.480 e. The Morgan fingerprint density at radius 1 is 1.56 bits per heavy atom. The van der Waals surface area contributed by atoms with Gasteiger partial charge in [-0.2, -0.15) is 0 Å². The van der Waals surface area contributed by atoms with Crippen molar-refractivity contribution in [3.63, 3.8) is 0 Å². The molecule has 5 nitrogen and oxygen atoms in total. The van der Waals surface area contributed by atoms with Gasteiger partial charge in [-0.1, -0.05) is 0 Å². The first-order valence-corrected chi connectivity index (χ1v) is 5.82. The number of nitrogens with zero attached hydrogens (tertiary/aromatic N) is 1. The lowest BCUT2D eigenvalue weighted by Crippen LogP contribution is -2.41. The second-order valence-electron chi connectivity index (χ2n) is 4.24. The Morgan fingerprint density at radius 2 is 2.19 bits per heavy atom. The lowest BCUT2D eigenvalue weighted by atomic mass is 10.1. The predicted molar refractivity (Wildman–Crippen MR) is 61.6 cm³/mol. The summed E-state index contributed by atoms with van der Waals surface area (Å²) in [4.78, 5) is 13.1. The first kappa shape index (κ1) is 13.4. The van der Waals surface area contributed by atoms with Crippen LogP contribution in [0.4, 0.5) is 0 Å². The van der Waals surface area contributed by atoms with Crippen LogP contribution in [0.1, 0.15) is 19.3 Å². The normalized spacial score (nSPS) is 20.9. The van der Waals surface area contributed by atoms with E-state index in [0.29, 0.717) is 12.5 Å². The standard InChI is InChI=1S/C11H22N2O3/c1-12-10(11(14)15)5-8-13-6-3-9(16-2)4-7-13/h9-10,12H,3-8H2,1-2H3,(H,14,15). The molecule has 1 unspecified atom stereocenters. The molecular weight excluding hydrogens is 208 g/mol. The van der Waals surface area contributed by atoms with E-state index in [1.807, 2.05) is 0 Å². The van der Waals surface area contributed by atoms with Gasteiger partial charge in [0.2, 0.25) is 0 Å². The SMILES string of the molecule is CNC(CCN1CCC(OC)CC1)C(=O)O. The third kappa shape index (κ3) is 4.08. The van der Waals surface area contributed by atoms with Crippen LogP contribution in [0.15, 0.2) is 0 Å². The van der Waals surface area contributed by atoms with Crippen LogP contribution < -0.4 is 5.32 Å². The number of carboxylic acid groups (broad SMARTS) is 1. The number of likely N-dealkylation sites (tertiary alicyclic amines) is 1. The Balaban J connectivity index is 2.21. The Morgan fingerprint density at radius 3 is 2.62 bits per heavy atom. The second kappa shape index (κ2) is 6.83. The van der Waals surface area contributed by atoms with E-state index in [2.05, 4.69) is 10.2 Å². The molecule has 0 spiro atoms. The maximum atomic E-state index is 10.8. The van der Waals surface area contributed by atoms with Crippen molar-refractivity contribution in [2.45, 2.75) is 31.4 Å². The smallest absolute Gasteiger partial charge is 0.320 e. The quantitative estimate of drug-likeness (QED) is 0.680. The van der Waals surface area contributed by atoms with E-state index in [9.17, 15) is 4.79 Å². The van der Waals surface area contributed by atoms with Crippen LogP contribution in [0.2, 0.25) is 0 Å². The van der Waals surface area contributed by atoms with E-state index in [0.717, 1.165) is 32.5 Å². The van der Waals surface area contributed by atoms with Gasteiger partial charge in [-0.3, -0.25) is 4.79 Å². The lowest BCUT2D eigenvalue weighted by Gasteiger charge is -2.31. The summed E-state index contributed by atoms with van der Waals surface area (Å²) >= 11 is 0. The minimum Gasteiger partial charge on any atom is -0.480 e. The molecule has 5 heteroatoms. The summed E-state index contributed by atoms with van der Waals surface area (Å²) in [6.45, 7) is 2.86. The molecule has 1 fully saturated rings. The van der Waals surface area contributed by atoms with Gasteiger partial charge in [0.1, 0.15) is 6.04 Å². The number of methoxy groups -OCH3 is 1. The van der Waals surface area contributed by atoms with Crippen molar-refractivity contribution in [2.75, 3.05) is 33.8 Å². The molecule has 0 amide bonds. The van der Waals surface area contributed by atoms with Crippen LogP contribution in [-0.2, 0) is 9.53 Å². The van der Waals surface area contributed by atoms with Crippen molar-refractivity contribution >= 4 is 5.97 Å². The lowest BCUT2D eigenvalue weighted by molar-refractivity contribution is -0.139. The van der Waals surface area contributed by atoms with Crippen molar-refractivity contribution in [3.05, 3.63) is 0 Å². The number of carbonyl (C=O) groups is 1. The Kier molecular flexibility index (Phi) is 5.73. The van der Waals surface area contributed by atoms with Crippen LogP contribution >= 0.6 is 0 Å². The maximum absolute atomic E-state index is 10.8. The fourth-order valence-corrected chi connectivity index (χ4v) is 2.07. The first-order chi connectivity index (χ1) is 7.67. The van der Waals surface area contributed by atoms with Gasteiger partial charge in [0.05, 0.1) is 6.10 Å². The molecule has 0 bridgehead atoms. The van der Waals surface area contributed by atoms with E-state index in [-0.39, 0.29) is 0 Å². The summed E-state index contributed by atoms with van der Waals surface area (Å²) < 4.78 is 5.29. The van der Waals surface area contributed by atoms with E-state index < -0.39 is 12.0 Å². The summed E-state index contributed by atoms with van der Waals surface area (Å²) in [7, 11) is 3.44. The molecule has 1 saturated heterocycles. The highest BCUT2D eigenvalue weighted by Crippen LogP contribution is 2.13. The monoisotopic (exact) mass is 230 g/mol. The van der Waals surface area contributed by atoms with Gasteiger partial charge in [-0.05, 0) is 26.3 Å². The fourth-order valence-electron chi connectivity index (χ4n) is 2.07. The van der Waals surface area contributed by atoms with Crippen LogP contribution in [0.3, 0.4) is 0 Å². The van der Waals surface area contributed by atoms with Gasteiger partial charge in [-0.25, -0.2) is 0 Å². The molecule has 94 valence electrons. The average molecular weight is 230 g/mol.